The molecule has 21 heavy (non-hydrogen) atoms. The Morgan fingerprint density at radius 1 is 1.29 bits per heavy atom. The van der Waals surface area contributed by atoms with Gasteiger partial charge < -0.3 is 14.8 Å². The summed E-state index contributed by atoms with van der Waals surface area (Å²) in [6.45, 7) is 1.76. The quantitative estimate of drug-likeness (QED) is 0.772. The SMILES string of the molecule is Cc1csc(C(=O)O)c1NC(=O)c1coc2ccccc12. The van der Waals surface area contributed by atoms with Gasteiger partial charge in [-0.25, -0.2) is 4.79 Å². The summed E-state index contributed by atoms with van der Waals surface area (Å²) in [5.41, 5.74) is 2.05. The van der Waals surface area contributed by atoms with Crippen LogP contribution in [0.3, 0.4) is 0 Å². The van der Waals surface area contributed by atoms with Crippen molar-refractivity contribution in [3.8, 4) is 0 Å². The predicted octanol–water partition coefficient (Wildman–Crippen LogP) is 3.75. The summed E-state index contributed by atoms with van der Waals surface area (Å²) in [5, 5.41) is 14.2. The highest BCUT2D eigenvalue weighted by Crippen LogP contribution is 2.29. The Balaban J connectivity index is 1.97. The molecule has 0 spiro atoms. The minimum Gasteiger partial charge on any atom is -0.477 e. The number of fused-ring (bicyclic) bond motifs is 1. The van der Waals surface area contributed by atoms with Gasteiger partial charge in [-0.05, 0) is 23.9 Å². The van der Waals surface area contributed by atoms with Crippen LogP contribution in [0.5, 0.6) is 0 Å². The van der Waals surface area contributed by atoms with Crippen molar-refractivity contribution < 1.29 is 19.1 Å². The number of rotatable bonds is 3. The molecule has 0 saturated heterocycles. The molecule has 0 aliphatic rings. The molecule has 6 heteroatoms. The third kappa shape index (κ3) is 2.30. The molecule has 1 amide bonds. The van der Waals surface area contributed by atoms with E-state index in [1.165, 1.54) is 6.26 Å². The third-order valence-corrected chi connectivity index (χ3v) is 4.22. The maximum atomic E-state index is 12.4. The van der Waals surface area contributed by atoms with E-state index in [1.54, 1.807) is 24.4 Å². The number of carboxylic acids is 1. The Hall–Kier alpha value is -2.60. The zero-order valence-electron chi connectivity index (χ0n) is 11.0. The largest absolute Gasteiger partial charge is 0.477 e. The fraction of sp³-hybridized carbons (Fsp3) is 0.0667. The molecule has 2 heterocycles. The number of hydrogen-bond acceptors (Lipinski definition) is 4. The fourth-order valence-corrected chi connectivity index (χ4v) is 2.93. The lowest BCUT2D eigenvalue weighted by molar-refractivity contribution is 0.0703. The molecule has 0 bridgehead atoms. The number of para-hydroxylation sites is 1. The Kier molecular flexibility index (Phi) is 3.23. The zero-order valence-corrected chi connectivity index (χ0v) is 11.9. The number of benzene rings is 1. The molecule has 5 nitrogen and oxygen atoms in total. The van der Waals surface area contributed by atoms with Gasteiger partial charge in [-0.1, -0.05) is 18.2 Å². The van der Waals surface area contributed by atoms with Crippen molar-refractivity contribution in [3.05, 3.63) is 51.9 Å². The molecule has 0 saturated carbocycles. The molecule has 0 aliphatic carbocycles. The average Bonchev–Trinajstić information content (AvgIpc) is 3.03. The molecule has 0 unspecified atom stereocenters. The van der Waals surface area contributed by atoms with Crippen molar-refractivity contribution in [3.63, 3.8) is 0 Å². The van der Waals surface area contributed by atoms with E-state index in [0.29, 0.717) is 22.2 Å². The van der Waals surface area contributed by atoms with Gasteiger partial charge in [-0.15, -0.1) is 11.3 Å². The molecule has 1 aromatic carbocycles. The lowest BCUT2D eigenvalue weighted by Crippen LogP contribution is -2.13. The first kappa shape index (κ1) is 13.4. The summed E-state index contributed by atoms with van der Waals surface area (Å²) in [4.78, 5) is 23.6. The van der Waals surface area contributed by atoms with Crippen LogP contribution in [0.1, 0.15) is 25.6 Å². The molecule has 106 valence electrons. The van der Waals surface area contributed by atoms with E-state index >= 15 is 0 Å². The maximum absolute atomic E-state index is 12.4. The molecule has 0 radical (unpaired) electrons. The Bertz CT molecular complexity index is 846. The van der Waals surface area contributed by atoms with Gasteiger partial charge in [0.1, 0.15) is 16.7 Å². The second-order valence-electron chi connectivity index (χ2n) is 4.53. The van der Waals surface area contributed by atoms with Gasteiger partial charge in [0.15, 0.2) is 0 Å². The second kappa shape index (κ2) is 5.06. The zero-order chi connectivity index (χ0) is 15.0. The second-order valence-corrected chi connectivity index (χ2v) is 5.41. The van der Waals surface area contributed by atoms with Gasteiger partial charge in [-0.2, -0.15) is 0 Å². The topological polar surface area (TPSA) is 79.5 Å². The number of amides is 1. The number of thiophene rings is 1. The van der Waals surface area contributed by atoms with E-state index in [2.05, 4.69) is 5.32 Å². The summed E-state index contributed by atoms with van der Waals surface area (Å²) in [7, 11) is 0. The van der Waals surface area contributed by atoms with Crippen molar-refractivity contribution in [1.82, 2.24) is 0 Å². The van der Waals surface area contributed by atoms with Crippen LogP contribution in [0.25, 0.3) is 11.0 Å². The number of carbonyl (C=O) groups excluding carboxylic acids is 1. The van der Waals surface area contributed by atoms with Crippen molar-refractivity contribution in [2.45, 2.75) is 6.92 Å². The van der Waals surface area contributed by atoms with Crippen molar-refractivity contribution >= 4 is 39.9 Å². The van der Waals surface area contributed by atoms with Crippen LogP contribution in [0.2, 0.25) is 0 Å². The highest BCUT2D eigenvalue weighted by atomic mass is 32.1. The Labute approximate surface area is 123 Å². The number of furan rings is 1. The molecule has 2 N–H and O–H groups in total. The van der Waals surface area contributed by atoms with Gasteiger partial charge in [0.25, 0.3) is 5.91 Å². The Morgan fingerprint density at radius 3 is 2.81 bits per heavy atom. The van der Waals surface area contributed by atoms with Crippen LogP contribution < -0.4 is 5.32 Å². The van der Waals surface area contributed by atoms with E-state index in [-0.39, 0.29) is 10.8 Å². The van der Waals surface area contributed by atoms with Gasteiger partial charge in [0, 0.05) is 5.39 Å². The van der Waals surface area contributed by atoms with Crippen molar-refractivity contribution in [1.29, 1.82) is 0 Å². The number of carboxylic acid groups (broad SMARTS) is 1. The number of hydrogen-bond donors (Lipinski definition) is 2. The minimum atomic E-state index is -1.06. The third-order valence-electron chi connectivity index (χ3n) is 3.13. The van der Waals surface area contributed by atoms with Crippen LogP contribution in [-0.4, -0.2) is 17.0 Å². The van der Waals surface area contributed by atoms with Crippen LogP contribution in [-0.2, 0) is 0 Å². The van der Waals surface area contributed by atoms with E-state index in [9.17, 15) is 9.59 Å². The number of anilines is 1. The molecule has 3 aromatic rings. The van der Waals surface area contributed by atoms with Crippen molar-refractivity contribution in [2.75, 3.05) is 5.32 Å². The molecule has 2 aromatic heterocycles. The lowest BCUT2D eigenvalue weighted by atomic mass is 10.1. The smallest absolute Gasteiger partial charge is 0.348 e. The van der Waals surface area contributed by atoms with Crippen LogP contribution >= 0.6 is 11.3 Å². The maximum Gasteiger partial charge on any atom is 0.348 e. The molecule has 0 fully saturated rings. The fourth-order valence-electron chi connectivity index (χ4n) is 2.09. The normalized spacial score (nSPS) is 10.7. The molecular formula is C15H11NO4S. The first-order valence-electron chi connectivity index (χ1n) is 6.17. The van der Waals surface area contributed by atoms with E-state index in [4.69, 9.17) is 9.52 Å². The Morgan fingerprint density at radius 2 is 2.05 bits per heavy atom. The summed E-state index contributed by atoms with van der Waals surface area (Å²) >= 11 is 1.09. The van der Waals surface area contributed by atoms with Crippen molar-refractivity contribution in [2.24, 2.45) is 0 Å². The van der Waals surface area contributed by atoms with Gasteiger partial charge in [-0.3, -0.25) is 4.79 Å². The van der Waals surface area contributed by atoms with E-state index in [0.717, 1.165) is 16.9 Å². The molecule has 0 atom stereocenters. The summed E-state index contributed by atoms with van der Waals surface area (Å²) in [6, 6.07) is 7.18. The average molecular weight is 301 g/mol. The summed E-state index contributed by atoms with van der Waals surface area (Å²) in [6.07, 6.45) is 1.38. The van der Waals surface area contributed by atoms with Gasteiger partial charge in [0.05, 0.1) is 11.3 Å². The highest BCUT2D eigenvalue weighted by Gasteiger charge is 2.20. The number of aromatic carboxylic acids is 1. The van der Waals surface area contributed by atoms with Crippen LogP contribution in [0, 0.1) is 6.92 Å². The summed E-state index contributed by atoms with van der Waals surface area (Å²) < 4.78 is 5.32. The first-order chi connectivity index (χ1) is 10.1. The molecule has 3 rings (SSSR count). The molecular weight excluding hydrogens is 290 g/mol. The number of nitrogens with one attached hydrogen (secondary N) is 1. The lowest BCUT2D eigenvalue weighted by Gasteiger charge is -2.05. The standard InChI is InChI=1S/C15H11NO4S/c1-8-7-21-13(15(18)19)12(8)16-14(17)10-6-20-11-5-3-2-4-9(10)11/h2-7H,1H3,(H,16,17)(H,18,19). The van der Waals surface area contributed by atoms with E-state index < -0.39 is 5.97 Å². The monoisotopic (exact) mass is 301 g/mol. The highest BCUT2D eigenvalue weighted by molar-refractivity contribution is 7.12. The predicted molar refractivity (Wildman–Crippen MR) is 80.2 cm³/mol. The first-order valence-corrected chi connectivity index (χ1v) is 7.05. The van der Waals surface area contributed by atoms with Crippen LogP contribution in [0.15, 0.2) is 40.3 Å². The molecule has 0 aliphatic heterocycles. The van der Waals surface area contributed by atoms with Gasteiger partial charge in [0.2, 0.25) is 0 Å². The minimum absolute atomic E-state index is 0.119. The van der Waals surface area contributed by atoms with Gasteiger partial charge >= 0.3 is 5.97 Å². The van der Waals surface area contributed by atoms with Crippen LogP contribution in [0.4, 0.5) is 5.69 Å². The summed E-state index contributed by atoms with van der Waals surface area (Å²) in [5.74, 6) is -1.44. The number of carbonyl (C=O) groups is 2. The number of aryl methyl sites for hydroxylation is 1. The van der Waals surface area contributed by atoms with E-state index in [1.807, 2.05) is 12.1 Å².